The molecule has 0 radical (unpaired) electrons. The van der Waals surface area contributed by atoms with Crippen molar-refractivity contribution in [2.24, 2.45) is 10.9 Å². The van der Waals surface area contributed by atoms with Gasteiger partial charge in [0.05, 0.1) is 30.7 Å². The maximum Gasteiger partial charge on any atom is 0.251 e. The SMILES string of the molecule is O=C(C1C=c2c(F)cc(F)cc2=N1)N1CCn2nc(NCC3CCOC3)cc2C1. The number of nitrogens with one attached hydrogen (secondary N) is 1. The van der Waals surface area contributed by atoms with Crippen LogP contribution in [0.2, 0.25) is 0 Å². The molecular formula is C20H21F2N5O2. The number of amides is 1. The summed E-state index contributed by atoms with van der Waals surface area (Å²) in [6.07, 6.45) is 2.52. The van der Waals surface area contributed by atoms with Gasteiger partial charge in [0.2, 0.25) is 0 Å². The van der Waals surface area contributed by atoms with Crippen LogP contribution in [0.4, 0.5) is 14.6 Å². The van der Waals surface area contributed by atoms with E-state index >= 15 is 0 Å². The first kappa shape index (κ1) is 18.2. The summed E-state index contributed by atoms with van der Waals surface area (Å²) in [4.78, 5) is 18.8. The Labute approximate surface area is 165 Å². The lowest BCUT2D eigenvalue weighted by atomic mass is 10.1. The van der Waals surface area contributed by atoms with Gasteiger partial charge in [-0.1, -0.05) is 0 Å². The molecule has 0 bridgehead atoms. The van der Waals surface area contributed by atoms with Crippen molar-refractivity contribution in [3.05, 3.63) is 46.1 Å². The highest BCUT2D eigenvalue weighted by atomic mass is 19.1. The van der Waals surface area contributed by atoms with Crippen LogP contribution in [-0.4, -0.2) is 52.9 Å². The minimum absolute atomic E-state index is 0.185. The Hall–Kier alpha value is -2.81. The number of fused-ring (bicyclic) bond motifs is 2. The predicted octanol–water partition coefficient (Wildman–Crippen LogP) is 0.434. The van der Waals surface area contributed by atoms with Crippen LogP contribution in [-0.2, 0) is 22.6 Å². The van der Waals surface area contributed by atoms with Gasteiger partial charge in [-0.3, -0.25) is 14.5 Å². The Kier molecular flexibility index (Phi) is 4.54. The second-order valence-electron chi connectivity index (χ2n) is 7.68. The lowest BCUT2D eigenvalue weighted by Gasteiger charge is -2.28. The summed E-state index contributed by atoms with van der Waals surface area (Å²) in [6, 6.07) is 3.09. The summed E-state index contributed by atoms with van der Waals surface area (Å²) in [5.74, 6) is -0.316. The number of hydrogen-bond acceptors (Lipinski definition) is 5. The lowest BCUT2D eigenvalue weighted by Crippen LogP contribution is -2.42. The standard InChI is InChI=1S/C20H21F2N5O2/c21-13-5-16(22)15-8-18(24-17(15)6-13)20(28)26-2-3-27-14(10-26)7-19(25-27)23-9-12-1-4-29-11-12/h5-8,12,18H,1-4,9-11H2,(H,23,25). The number of anilines is 1. The third kappa shape index (κ3) is 3.50. The minimum atomic E-state index is -0.823. The van der Waals surface area contributed by atoms with Crippen molar-refractivity contribution >= 4 is 17.8 Å². The topological polar surface area (TPSA) is 71.8 Å². The van der Waals surface area contributed by atoms with Gasteiger partial charge in [-0.25, -0.2) is 8.78 Å². The van der Waals surface area contributed by atoms with Crippen LogP contribution < -0.4 is 15.9 Å². The van der Waals surface area contributed by atoms with Crippen LogP contribution in [0.15, 0.2) is 23.2 Å². The third-order valence-electron chi connectivity index (χ3n) is 5.63. The maximum atomic E-state index is 13.9. The van der Waals surface area contributed by atoms with Crippen LogP contribution in [0.3, 0.4) is 0 Å². The molecule has 5 rings (SSSR count). The van der Waals surface area contributed by atoms with E-state index in [2.05, 4.69) is 15.4 Å². The second kappa shape index (κ2) is 7.22. The van der Waals surface area contributed by atoms with E-state index in [1.54, 1.807) is 4.90 Å². The molecule has 3 aliphatic heterocycles. The molecule has 1 saturated heterocycles. The molecule has 0 aliphatic carbocycles. The van der Waals surface area contributed by atoms with Crippen LogP contribution in [0.5, 0.6) is 0 Å². The molecule has 2 aromatic rings. The number of hydrogen-bond donors (Lipinski definition) is 1. The molecule has 0 spiro atoms. The number of rotatable bonds is 4. The van der Waals surface area contributed by atoms with E-state index in [1.807, 2.05) is 10.7 Å². The summed E-state index contributed by atoms with van der Waals surface area (Å²) in [7, 11) is 0. The molecule has 0 saturated carbocycles. The van der Waals surface area contributed by atoms with E-state index in [1.165, 1.54) is 6.08 Å². The number of carbonyl (C=O) groups is 1. The number of benzene rings is 1. The summed E-state index contributed by atoms with van der Waals surface area (Å²) in [6.45, 7) is 3.89. The molecule has 1 aromatic carbocycles. The molecule has 1 amide bonds. The van der Waals surface area contributed by atoms with Crippen LogP contribution in [0, 0.1) is 17.6 Å². The molecule has 1 aromatic heterocycles. The molecule has 9 heteroatoms. The first-order chi connectivity index (χ1) is 14.1. The van der Waals surface area contributed by atoms with Gasteiger partial charge in [-0.15, -0.1) is 0 Å². The number of nitrogens with zero attached hydrogens (tertiary/aromatic N) is 4. The number of carbonyl (C=O) groups excluding carboxylic acids is 1. The highest BCUT2D eigenvalue weighted by Gasteiger charge is 2.29. The Morgan fingerprint density at radius 2 is 2.17 bits per heavy atom. The van der Waals surface area contributed by atoms with Crippen molar-refractivity contribution in [1.29, 1.82) is 0 Å². The number of ether oxygens (including phenoxy) is 1. The van der Waals surface area contributed by atoms with Gasteiger partial charge >= 0.3 is 0 Å². The van der Waals surface area contributed by atoms with Crippen molar-refractivity contribution in [3.8, 4) is 0 Å². The van der Waals surface area contributed by atoms with Crippen LogP contribution in [0.1, 0.15) is 12.1 Å². The molecule has 29 heavy (non-hydrogen) atoms. The number of aromatic nitrogens is 2. The third-order valence-corrected chi connectivity index (χ3v) is 5.63. The predicted molar refractivity (Wildman–Crippen MR) is 100 cm³/mol. The van der Waals surface area contributed by atoms with Gasteiger partial charge in [0, 0.05) is 43.0 Å². The summed E-state index contributed by atoms with van der Waals surface area (Å²) in [5, 5.41) is 8.28. The second-order valence-corrected chi connectivity index (χ2v) is 7.68. The normalized spacial score (nSPS) is 22.6. The van der Waals surface area contributed by atoms with E-state index in [9.17, 15) is 13.6 Å². The lowest BCUT2D eigenvalue weighted by molar-refractivity contribution is -0.132. The highest BCUT2D eigenvalue weighted by molar-refractivity contribution is 5.88. The molecule has 152 valence electrons. The largest absolute Gasteiger partial charge is 0.381 e. The van der Waals surface area contributed by atoms with E-state index in [0.717, 1.165) is 49.8 Å². The Morgan fingerprint density at radius 1 is 1.28 bits per heavy atom. The van der Waals surface area contributed by atoms with Crippen molar-refractivity contribution in [1.82, 2.24) is 14.7 Å². The summed E-state index contributed by atoms with van der Waals surface area (Å²) >= 11 is 0. The van der Waals surface area contributed by atoms with Crippen molar-refractivity contribution in [2.45, 2.75) is 25.6 Å². The van der Waals surface area contributed by atoms with E-state index in [-0.39, 0.29) is 16.5 Å². The Bertz CT molecular complexity index is 1080. The van der Waals surface area contributed by atoms with Gasteiger partial charge < -0.3 is 15.0 Å². The van der Waals surface area contributed by atoms with Crippen molar-refractivity contribution < 1.29 is 18.3 Å². The van der Waals surface area contributed by atoms with E-state index < -0.39 is 17.7 Å². The van der Waals surface area contributed by atoms with Gasteiger partial charge in [0.1, 0.15) is 23.5 Å². The fraction of sp³-hybridized carbons (Fsp3) is 0.450. The summed E-state index contributed by atoms with van der Waals surface area (Å²) in [5.41, 5.74) is 0.933. The zero-order chi connectivity index (χ0) is 20.0. The van der Waals surface area contributed by atoms with Gasteiger partial charge in [0.25, 0.3) is 5.91 Å². The van der Waals surface area contributed by atoms with Crippen LogP contribution >= 0.6 is 0 Å². The molecule has 3 aliphatic rings. The Balaban J connectivity index is 1.27. The zero-order valence-electron chi connectivity index (χ0n) is 15.8. The van der Waals surface area contributed by atoms with Gasteiger partial charge in [0.15, 0.2) is 0 Å². The molecular weight excluding hydrogens is 380 g/mol. The van der Waals surface area contributed by atoms with Crippen molar-refractivity contribution in [3.63, 3.8) is 0 Å². The van der Waals surface area contributed by atoms with Crippen LogP contribution in [0.25, 0.3) is 6.08 Å². The van der Waals surface area contributed by atoms with Gasteiger partial charge in [-0.05, 0) is 18.6 Å². The fourth-order valence-electron chi connectivity index (χ4n) is 4.04. The summed E-state index contributed by atoms with van der Waals surface area (Å²) < 4.78 is 34.6. The average molecular weight is 401 g/mol. The average Bonchev–Trinajstić information content (AvgIpc) is 3.43. The molecule has 1 N–H and O–H groups in total. The first-order valence-corrected chi connectivity index (χ1v) is 9.79. The smallest absolute Gasteiger partial charge is 0.251 e. The van der Waals surface area contributed by atoms with Crippen molar-refractivity contribution in [2.75, 3.05) is 31.6 Å². The minimum Gasteiger partial charge on any atom is -0.381 e. The Morgan fingerprint density at radius 3 is 3.00 bits per heavy atom. The van der Waals surface area contributed by atoms with E-state index in [0.29, 0.717) is 25.6 Å². The zero-order valence-corrected chi connectivity index (χ0v) is 15.8. The van der Waals surface area contributed by atoms with Gasteiger partial charge in [-0.2, -0.15) is 5.10 Å². The molecule has 2 unspecified atom stereocenters. The molecule has 2 atom stereocenters. The highest BCUT2D eigenvalue weighted by Crippen LogP contribution is 2.20. The fourth-order valence-corrected chi connectivity index (χ4v) is 4.04. The molecule has 4 heterocycles. The first-order valence-electron chi connectivity index (χ1n) is 9.79. The maximum absolute atomic E-state index is 13.9. The van der Waals surface area contributed by atoms with E-state index in [4.69, 9.17) is 4.74 Å². The molecule has 1 fully saturated rings. The number of halogens is 2. The quantitative estimate of drug-likeness (QED) is 0.807. The monoisotopic (exact) mass is 401 g/mol. The molecule has 7 nitrogen and oxygen atoms in total.